The highest BCUT2D eigenvalue weighted by Gasteiger charge is 2.31. The zero-order valence-corrected chi connectivity index (χ0v) is 14.8. The van der Waals surface area contributed by atoms with Crippen molar-refractivity contribution in [1.29, 1.82) is 0 Å². The molecule has 1 fully saturated rings. The molecule has 0 bridgehead atoms. The molecule has 0 spiro atoms. The van der Waals surface area contributed by atoms with Crippen LogP contribution in [0.1, 0.15) is 44.5 Å². The first-order valence-electron chi connectivity index (χ1n) is 8.29. The molecule has 24 heavy (non-hydrogen) atoms. The summed E-state index contributed by atoms with van der Waals surface area (Å²) < 4.78 is 5.46. The second kappa shape index (κ2) is 7.11. The van der Waals surface area contributed by atoms with Gasteiger partial charge in [0.25, 0.3) is 0 Å². The fraction of sp³-hybridized carbons (Fsp3) is 0.556. The van der Waals surface area contributed by atoms with E-state index in [0.29, 0.717) is 19.6 Å². The summed E-state index contributed by atoms with van der Waals surface area (Å²) in [6, 6.07) is 7.07. The van der Waals surface area contributed by atoms with Crippen molar-refractivity contribution < 1.29 is 19.4 Å². The van der Waals surface area contributed by atoms with Crippen LogP contribution in [0.25, 0.3) is 0 Å². The van der Waals surface area contributed by atoms with Gasteiger partial charge in [-0.2, -0.15) is 0 Å². The van der Waals surface area contributed by atoms with Crippen LogP contribution in [0.2, 0.25) is 0 Å². The van der Waals surface area contributed by atoms with Crippen LogP contribution in [-0.4, -0.2) is 53.3 Å². The zero-order valence-electron chi connectivity index (χ0n) is 14.8. The Morgan fingerprint density at radius 3 is 2.33 bits per heavy atom. The lowest BCUT2D eigenvalue weighted by Crippen LogP contribution is -2.55. The second-order valence-corrected chi connectivity index (χ2v) is 7.03. The van der Waals surface area contributed by atoms with Crippen LogP contribution in [0.4, 0.5) is 10.5 Å². The van der Waals surface area contributed by atoms with Crippen molar-refractivity contribution in [3.05, 3.63) is 29.8 Å². The van der Waals surface area contributed by atoms with Gasteiger partial charge in [0.1, 0.15) is 5.60 Å². The molecule has 132 valence electrons. The van der Waals surface area contributed by atoms with E-state index in [-0.39, 0.29) is 17.7 Å². The van der Waals surface area contributed by atoms with Crippen molar-refractivity contribution in [2.45, 2.75) is 45.8 Å². The van der Waals surface area contributed by atoms with Gasteiger partial charge in [-0.25, -0.2) is 9.59 Å². The lowest BCUT2D eigenvalue weighted by atomic mass is 10.1. The molecule has 0 aromatic heterocycles. The number of benzene rings is 1. The molecule has 1 atom stereocenters. The topological polar surface area (TPSA) is 70.1 Å². The number of hydrogen-bond acceptors (Lipinski definition) is 4. The number of carbonyl (C=O) groups excluding carboxylic acids is 1. The van der Waals surface area contributed by atoms with E-state index in [4.69, 9.17) is 9.84 Å². The van der Waals surface area contributed by atoms with E-state index in [0.717, 1.165) is 12.1 Å². The van der Waals surface area contributed by atoms with Gasteiger partial charge in [0.15, 0.2) is 0 Å². The van der Waals surface area contributed by atoms with Gasteiger partial charge in [-0.1, -0.05) is 6.92 Å². The Balaban J connectivity index is 2.07. The number of aromatic carboxylic acids is 1. The standard InChI is InChI=1S/C18H26N2O4/c1-5-14-12-19(17(23)24-18(2,3)4)10-11-20(14)15-8-6-13(7-9-15)16(21)22/h6-9,14H,5,10-12H2,1-4H3,(H,21,22)/t14-/m0/s1. The number of ether oxygens (including phenoxy) is 1. The van der Waals surface area contributed by atoms with Gasteiger partial charge < -0.3 is 19.6 Å². The fourth-order valence-electron chi connectivity index (χ4n) is 2.83. The van der Waals surface area contributed by atoms with E-state index in [1.165, 1.54) is 0 Å². The molecule has 2 rings (SSSR count). The summed E-state index contributed by atoms with van der Waals surface area (Å²) in [4.78, 5) is 27.2. The molecule has 6 heteroatoms. The Hall–Kier alpha value is -2.24. The number of hydrogen-bond donors (Lipinski definition) is 1. The van der Waals surface area contributed by atoms with Crippen molar-refractivity contribution in [2.75, 3.05) is 24.5 Å². The number of carboxylic acid groups (broad SMARTS) is 1. The fourth-order valence-corrected chi connectivity index (χ4v) is 2.83. The molecular formula is C18H26N2O4. The van der Waals surface area contributed by atoms with E-state index in [1.807, 2.05) is 32.9 Å². The van der Waals surface area contributed by atoms with Gasteiger partial charge in [0.05, 0.1) is 5.56 Å². The third kappa shape index (κ3) is 4.40. The highest BCUT2D eigenvalue weighted by molar-refractivity contribution is 5.88. The molecule has 0 saturated carbocycles. The molecule has 1 aromatic rings. The van der Waals surface area contributed by atoms with Gasteiger partial charge in [-0.05, 0) is 51.5 Å². The lowest BCUT2D eigenvalue weighted by Gasteiger charge is -2.42. The predicted molar refractivity (Wildman–Crippen MR) is 92.6 cm³/mol. The SMILES string of the molecule is CC[C@H]1CN(C(=O)OC(C)(C)C)CCN1c1ccc(C(=O)O)cc1. The maximum Gasteiger partial charge on any atom is 0.410 e. The van der Waals surface area contributed by atoms with Gasteiger partial charge >= 0.3 is 12.1 Å². The van der Waals surface area contributed by atoms with Gasteiger partial charge in [0.2, 0.25) is 0 Å². The molecule has 1 aliphatic heterocycles. The summed E-state index contributed by atoms with van der Waals surface area (Å²) >= 11 is 0. The number of amides is 1. The first-order chi connectivity index (χ1) is 11.2. The van der Waals surface area contributed by atoms with Crippen LogP contribution in [0.3, 0.4) is 0 Å². The third-order valence-corrected chi connectivity index (χ3v) is 4.05. The molecule has 1 amide bonds. The Labute approximate surface area is 143 Å². The normalized spacial score (nSPS) is 18.4. The number of nitrogens with zero attached hydrogens (tertiary/aromatic N) is 2. The first kappa shape index (κ1) is 18.1. The van der Waals surface area contributed by atoms with E-state index >= 15 is 0 Å². The quantitative estimate of drug-likeness (QED) is 0.919. The Bertz CT molecular complexity index is 592. The van der Waals surface area contributed by atoms with E-state index in [1.54, 1.807) is 17.0 Å². The van der Waals surface area contributed by atoms with E-state index in [9.17, 15) is 9.59 Å². The summed E-state index contributed by atoms with van der Waals surface area (Å²) in [5.41, 5.74) is 0.762. The van der Waals surface area contributed by atoms with Crippen LogP contribution >= 0.6 is 0 Å². The van der Waals surface area contributed by atoms with Crippen molar-refractivity contribution in [3.63, 3.8) is 0 Å². The van der Waals surface area contributed by atoms with Gasteiger partial charge in [-0.15, -0.1) is 0 Å². The number of rotatable bonds is 3. The average Bonchev–Trinajstić information content (AvgIpc) is 2.52. The number of carbonyl (C=O) groups is 2. The van der Waals surface area contributed by atoms with Crippen LogP contribution in [0.15, 0.2) is 24.3 Å². The van der Waals surface area contributed by atoms with Gasteiger partial charge in [-0.3, -0.25) is 0 Å². The molecule has 6 nitrogen and oxygen atoms in total. The van der Waals surface area contributed by atoms with Crippen LogP contribution in [0.5, 0.6) is 0 Å². The number of carboxylic acids is 1. The highest BCUT2D eigenvalue weighted by atomic mass is 16.6. The Kier molecular flexibility index (Phi) is 5.36. The molecule has 0 unspecified atom stereocenters. The molecule has 1 aliphatic rings. The Morgan fingerprint density at radius 2 is 1.83 bits per heavy atom. The maximum atomic E-state index is 12.3. The summed E-state index contributed by atoms with van der Waals surface area (Å²) in [6.45, 7) is 9.57. The summed E-state index contributed by atoms with van der Waals surface area (Å²) in [5.74, 6) is -0.927. The van der Waals surface area contributed by atoms with Crippen LogP contribution in [-0.2, 0) is 4.74 Å². The molecule has 1 aromatic carbocycles. The van der Waals surface area contributed by atoms with Crippen LogP contribution in [0, 0.1) is 0 Å². The zero-order chi connectivity index (χ0) is 17.9. The molecule has 1 N–H and O–H groups in total. The minimum Gasteiger partial charge on any atom is -0.478 e. The lowest BCUT2D eigenvalue weighted by molar-refractivity contribution is 0.0213. The highest BCUT2D eigenvalue weighted by Crippen LogP contribution is 2.24. The second-order valence-electron chi connectivity index (χ2n) is 7.03. The predicted octanol–water partition coefficient (Wildman–Crippen LogP) is 3.22. The number of anilines is 1. The average molecular weight is 334 g/mol. The molecule has 1 heterocycles. The minimum absolute atomic E-state index is 0.182. The molecular weight excluding hydrogens is 308 g/mol. The number of piperazine rings is 1. The van der Waals surface area contributed by atoms with Crippen molar-refractivity contribution >= 4 is 17.7 Å². The van der Waals surface area contributed by atoms with E-state index in [2.05, 4.69) is 11.8 Å². The summed E-state index contributed by atoms with van der Waals surface area (Å²) in [5, 5.41) is 9.00. The van der Waals surface area contributed by atoms with Crippen molar-refractivity contribution in [1.82, 2.24) is 4.90 Å². The smallest absolute Gasteiger partial charge is 0.410 e. The summed E-state index contributed by atoms with van der Waals surface area (Å²) in [6.07, 6.45) is 0.613. The third-order valence-electron chi connectivity index (χ3n) is 4.05. The molecule has 0 radical (unpaired) electrons. The van der Waals surface area contributed by atoms with Crippen LogP contribution < -0.4 is 4.90 Å². The van der Waals surface area contributed by atoms with Gasteiger partial charge in [0, 0.05) is 31.4 Å². The van der Waals surface area contributed by atoms with Crippen molar-refractivity contribution in [2.24, 2.45) is 0 Å². The molecule has 1 saturated heterocycles. The summed E-state index contributed by atoms with van der Waals surface area (Å²) in [7, 11) is 0. The van der Waals surface area contributed by atoms with E-state index < -0.39 is 11.6 Å². The Morgan fingerprint density at radius 1 is 1.21 bits per heavy atom. The largest absolute Gasteiger partial charge is 0.478 e. The first-order valence-corrected chi connectivity index (χ1v) is 8.29. The minimum atomic E-state index is -0.927. The van der Waals surface area contributed by atoms with Crippen molar-refractivity contribution in [3.8, 4) is 0 Å². The monoisotopic (exact) mass is 334 g/mol. The molecule has 0 aliphatic carbocycles. The maximum absolute atomic E-state index is 12.3.